The van der Waals surface area contributed by atoms with Gasteiger partial charge in [0.15, 0.2) is 0 Å². The molecular weight excluding hydrogens is 206 g/mol. The molecule has 0 aromatic rings. The van der Waals surface area contributed by atoms with Gasteiger partial charge in [0, 0.05) is 5.54 Å². The third kappa shape index (κ3) is 2.54. The molecule has 1 heteroatoms. The fourth-order valence-corrected chi connectivity index (χ4v) is 4.64. The summed E-state index contributed by atoms with van der Waals surface area (Å²) in [6.45, 7) is 7.17. The highest BCUT2D eigenvalue weighted by molar-refractivity contribution is 5.01. The third-order valence-electron chi connectivity index (χ3n) is 5.87. The Morgan fingerprint density at radius 1 is 1.12 bits per heavy atom. The second-order valence-corrected chi connectivity index (χ2v) is 6.95. The van der Waals surface area contributed by atoms with Crippen LogP contribution in [0.1, 0.15) is 72.1 Å². The van der Waals surface area contributed by atoms with Crippen molar-refractivity contribution in [1.29, 1.82) is 0 Å². The van der Waals surface area contributed by atoms with Crippen LogP contribution in [-0.2, 0) is 0 Å². The fraction of sp³-hybridized carbons (Fsp3) is 1.00. The van der Waals surface area contributed by atoms with Crippen molar-refractivity contribution < 1.29 is 0 Å². The minimum atomic E-state index is 0.160. The molecule has 0 amide bonds. The first kappa shape index (κ1) is 13.4. The van der Waals surface area contributed by atoms with E-state index < -0.39 is 0 Å². The molecule has 2 aliphatic carbocycles. The van der Waals surface area contributed by atoms with Crippen molar-refractivity contribution >= 4 is 0 Å². The number of rotatable bonds is 2. The van der Waals surface area contributed by atoms with E-state index in [1.165, 1.54) is 51.4 Å². The Balaban J connectivity index is 2.12. The Labute approximate surface area is 108 Å². The van der Waals surface area contributed by atoms with E-state index in [1.54, 1.807) is 0 Å². The lowest BCUT2D eigenvalue weighted by atomic mass is 9.58. The molecule has 100 valence electrons. The van der Waals surface area contributed by atoms with Crippen LogP contribution in [0.15, 0.2) is 0 Å². The highest BCUT2D eigenvalue weighted by Gasteiger charge is 2.45. The Kier molecular flexibility index (Phi) is 4.18. The predicted molar refractivity (Wildman–Crippen MR) is 74.8 cm³/mol. The van der Waals surface area contributed by atoms with E-state index in [4.69, 9.17) is 5.73 Å². The van der Waals surface area contributed by atoms with Gasteiger partial charge in [0.2, 0.25) is 0 Å². The van der Waals surface area contributed by atoms with Crippen molar-refractivity contribution in [3.05, 3.63) is 0 Å². The van der Waals surface area contributed by atoms with Crippen LogP contribution in [-0.4, -0.2) is 5.54 Å². The van der Waals surface area contributed by atoms with Crippen molar-refractivity contribution in [1.82, 2.24) is 0 Å². The maximum Gasteiger partial charge on any atom is 0.0211 e. The lowest BCUT2D eigenvalue weighted by molar-refractivity contribution is 0.0409. The van der Waals surface area contributed by atoms with Crippen LogP contribution in [0.4, 0.5) is 0 Å². The largest absolute Gasteiger partial charge is 0.325 e. The molecule has 0 radical (unpaired) electrons. The average molecular weight is 237 g/mol. The van der Waals surface area contributed by atoms with Crippen molar-refractivity contribution in [3.63, 3.8) is 0 Å². The summed E-state index contributed by atoms with van der Waals surface area (Å²) in [5, 5.41) is 0. The Hall–Kier alpha value is -0.0400. The third-order valence-corrected chi connectivity index (χ3v) is 5.87. The number of hydrogen-bond donors (Lipinski definition) is 1. The molecule has 0 aromatic carbocycles. The van der Waals surface area contributed by atoms with Crippen molar-refractivity contribution in [2.45, 2.75) is 77.7 Å². The predicted octanol–water partition coefficient (Wildman–Crippen LogP) is 4.36. The second-order valence-electron chi connectivity index (χ2n) is 6.95. The first-order chi connectivity index (χ1) is 8.08. The van der Waals surface area contributed by atoms with Crippen LogP contribution in [0.25, 0.3) is 0 Å². The van der Waals surface area contributed by atoms with Crippen molar-refractivity contribution in [3.8, 4) is 0 Å². The molecule has 0 bridgehead atoms. The molecule has 2 N–H and O–H groups in total. The summed E-state index contributed by atoms with van der Waals surface area (Å²) in [5.41, 5.74) is 7.07. The molecule has 2 fully saturated rings. The van der Waals surface area contributed by atoms with Crippen molar-refractivity contribution in [2.24, 2.45) is 29.4 Å². The van der Waals surface area contributed by atoms with Crippen LogP contribution in [0.5, 0.6) is 0 Å². The highest BCUT2D eigenvalue weighted by atomic mass is 14.8. The zero-order valence-corrected chi connectivity index (χ0v) is 12.0. The highest BCUT2D eigenvalue weighted by Crippen LogP contribution is 2.47. The molecule has 0 heterocycles. The van der Waals surface area contributed by atoms with E-state index >= 15 is 0 Å². The molecule has 0 saturated heterocycles. The summed E-state index contributed by atoms with van der Waals surface area (Å²) < 4.78 is 0. The lowest BCUT2D eigenvalue weighted by Crippen LogP contribution is -2.57. The smallest absolute Gasteiger partial charge is 0.0211 e. The molecule has 17 heavy (non-hydrogen) atoms. The molecule has 2 rings (SSSR count). The van der Waals surface area contributed by atoms with Gasteiger partial charge in [0.1, 0.15) is 0 Å². The summed E-state index contributed by atoms with van der Waals surface area (Å²) in [5.74, 6) is 3.34. The summed E-state index contributed by atoms with van der Waals surface area (Å²) >= 11 is 0. The van der Waals surface area contributed by atoms with E-state index in [0.29, 0.717) is 0 Å². The summed E-state index contributed by atoms with van der Waals surface area (Å²) in [7, 11) is 0. The van der Waals surface area contributed by atoms with Crippen LogP contribution in [0, 0.1) is 23.7 Å². The standard InChI is InChI=1S/C16H31N/c1-4-14-7-5-6-8-15(14)16(17)10-9-12(2)11-13(16)3/h12-15H,4-11,17H2,1-3H3. The van der Waals surface area contributed by atoms with Gasteiger partial charge in [-0.2, -0.15) is 0 Å². The van der Waals surface area contributed by atoms with Gasteiger partial charge in [-0.05, 0) is 49.4 Å². The first-order valence-electron chi connectivity index (χ1n) is 7.86. The van der Waals surface area contributed by atoms with E-state index in [0.717, 1.165) is 23.7 Å². The van der Waals surface area contributed by atoms with Crippen LogP contribution >= 0.6 is 0 Å². The van der Waals surface area contributed by atoms with Crippen molar-refractivity contribution in [2.75, 3.05) is 0 Å². The van der Waals surface area contributed by atoms with Gasteiger partial charge in [-0.3, -0.25) is 0 Å². The minimum absolute atomic E-state index is 0.160. The summed E-state index contributed by atoms with van der Waals surface area (Å²) in [4.78, 5) is 0. The molecular formula is C16H31N. The first-order valence-corrected chi connectivity index (χ1v) is 7.86. The van der Waals surface area contributed by atoms with E-state index in [9.17, 15) is 0 Å². The Morgan fingerprint density at radius 3 is 2.47 bits per heavy atom. The number of nitrogens with two attached hydrogens (primary N) is 1. The molecule has 5 atom stereocenters. The van der Waals surface area contributed by atoms with Gasteiger partial charge >= 0.3 is 0 Å². The monoisotopic (exact) mass is 237 g/mol. The zero-order chi connectivity index (χ0) is 12.5. The number of hydrogen-bond acceptors (Lipinski definition) is 1. The van der Waals surface area contributed by atoms with E-state index in [1.807, 2.05) is 0 Å². The van der Waals surface area contributed by atoms with Gasteiger partial charge in [-0.25, -0.2) is 0 Å². The summed E-state index contributed by atoms with van der Waals surface area (Å²) in [6.07, 6.45) is 11.0. The molecule has 2 aliphatic rings. The van der Waals surface area contributed by atoms with E-state index in [-0.39, 0.29) is 5.54 Å². The maximum atomic E-state index is 6.91. The quantitative estimate of drug-likeness (QED) is 0.759. The Morgan fingerprint density at radius 2 is 1.82 bits per heavy atom. The second kappa shape index (κ2) is 5.30. The molecule has 5 unspecified atom stereocenters. The average Bonchev–Trinajstić information content (AvgIpc) is 2.34. The molecule has 1 nitrogen and oxygen atoms in total. The van der Waals surface area contributed by atoms with Gasteiger partial charge < -0.3 is 5.73 Å². The van der Waals surface area contributed by atoms with Gasteiger partial charge in [-0.15, -0.1) is 0 Å². The zero-order valence-electron chi connectivity index (χ0n) is 12.0. The molecule has 0 aliphatic heterocycles. The van der Waals surface area contributed by atoms with Crippen LogP contribution < -0.4 is 5.73 Å². The molecule has 0 aromatic heterocycles. The summed E-state index contributed by atoms with van der Waals surface area (Å²) in [6, 6.07) is 0. The maximum absolute atomic E-state index is 6.91. The van der Waals surface area contributed by atoms with Gasteiger partial charge in [0.25, 0.3) is 0 Å². The molecule has 0 spiro atoms. The Bertz CT molecular complexity index is 250. The van der Waals surface area contributed by atoms with E-state index in [2.05, 4.69) is 20.8 Å². The molecule has 2 saturated carbocycles. The fourth-order valence-electron chi connectivity index (χ4n) is 4.64. The SMILES string of the molecule is CCC1CCCCC1C1(N)CCC(C)CC1C. The topological polar surface area (TPSA) is 26.0 Å². The van der Waals surface area contributed by atoms with Crippen LogP contribution in [0.2, 0.25) is 0 Å². The van der Waals surface area contributed by atoms with Gasteiger partial charge in [0.05, 0.1) is 0 Å². The van der Waals surface area contributed by atoms with Crippen LogP contribution in [0.3, 0.4) is 0 Å². The van der Waals surface area contributed by atoms with Gasteiger partial charge in [-0.1, -0.05) is 46.5 Å². The lowest BCUT2D eigenvalue weighted by Gasteiger charge is -2.51. The normalized spacial score (nSPS) is 48.0. The minimum Gasteiger partial charge on any atom is -0.325 e.